The van der Waals surface area contributed by atoms with Gasteiger partial charge in [-0.2, -0.15) is 0 Å². The summed E-state index contributed by atoms with van der Waals surface area (Å²) >= 11 is 0. The molecule has 0 spiro atoms. The summed E-state index contributed by atoms with van der Waals surface area (Å²) in [5.74, 6) is 0.0188. The second-order valence-corrected chi connectivity index (χ2v) is 3.96. The zero-order valence-electron chi connectivity index (χ0n) is 10.2. The summed E-state index contributed by atoms with van der Waals surface area (Å²) in [7, 11) is 0. The lowest BCUT2D eigenvalue weighted by atomic mass is 10.2. The number of rotatable bonds is 4. The highest BCUT2D eigenvalue weighted by molar-refractivity contribution is 5.85. The van der Waals surface area contributed by atoms with Crippen molar-refractivity contribution in [2.75, 3.05) is 5.01 Å². The van der Waals surface area contributed by atoms with E-state index < -0.39 is 6.09 Å². The average Bonchev–Trinajstić information content (AvgIpc) is 2.40. The Balaban J connectivity index is 2.11. The van der Waals surface area contributed by atoms with Gasteiger partial charge < -0.3 is 10.2 Å². The highest BCUT2D eigenvalue weighted by Gasteiger charge is 2.14. The minimum Gasteiger partial charge on any atom is -0.508 e. The predicted octanol–water partition coefficient (Wildman–Crippen LogP) is 2.58. The number of phenols is 1. The van der Waals surface area contributed by atoms with Crippen LogP contribution in [0.2, 0.25) is 0 Å². The largest absolute Gasteiger partial charge is 0.508 e. The van der Waals surface area contributed by atoms with Crippen LogP contribution in [-0.2, 0) is 6.54 Å². The Hall–Kier alpha value is -2.53. The lowest BCUT2D eigenvalue weighted by Crippen LogP contribution is -2.41. The third-order valence-corrected chi connectivity index (χ3v) is 2.56. The lowest BCUT2D eigenvalue weighted by molar-refractivity contribution is 0.198. The Kier molecular flexibility index (Phi) is 4.00. The second kappa shape index (κ2) is 5.88. The monoisotopic (exact) mass is 258 g/mol. The topological polar surface area (TPSA) is 72.8 Å². The van der Waals surface area contributed by atoms with Crippen molar-refractivity contribution in [1.82, 2.24) is 5.43 Å². The average molecular weight is 258 g/mol. The van der Waals surface area contributed by atoms with E-state index in [4.69, 9.17) is 0 Å². The molecule has 0 aliphatic carbocycles. The fourth-order valence-electron chi connectivity index (χ4n) is 1.67. The molecule has 98 valence electrons. The van der Waals surface area contributed by atoms with Crippen LogP contribution in [0.3, 0.4) is 0 Å². The van der Waals surface area contributed by atoms with Gasteiger partial charge in [0.25, 0.3) is 0 Å². The number of hydrogen-bond acceptors (Lipinski definition) is 3. The molecule has 2 rings (SSSR count). The van der Waals surface area contributed by atoms with Crippen molar-refractivity contribution in [3.05, 3.63) is 60.2 Å². The highest BCUT2D eigenvalue weighted by Crippen LogP contribution is 2.19. The first-order valence-corrected chi connectivity index (χ1v) is 5.76. The molecule has 0 radical (unpaired) electrons. The molecule has 0 atom stereocenters. The Morgan fingerprint density at radius 2 is 1.84 bits per heavy atom. The number of anilines is 1. The van der Waals surface area contributed by atoms with Gasteiger partial charge in [-0.25, -0.2) is 15.2 Å². The quantitative estimate of drug-likeness (QED) is 0.737. The molecule has 1 amide bonds. The van der Waals surface area contributed by atoms with Crippen molar-refractivity contribution >= 4 is 11.8 Å². The zero-order chi connectivity index (χ0) is 13.7. The molecule has 0 saturated carbocycles. The lowest BCUT2D eigenvalue weighted by Gasteiger charge is -2.20. The molecule has 0 aliphatic heterocycles. The molecule has 5 nitrogen and oxygen atoms in total. The van der Waals surface area contributed by atoms with Gasteiger partial charge in [-0.05, 0) is 17.7 Å². The van der Waals surface area contributed by atoms with Gasteiger partial charge >= 0.3 is 6.09 Å². The second-order valence-electron chi connectivity index (χ2n) is 3.96. The molecule has 0 fully saturated rings. The summed E-state index contributed by atoms with van der Waals surface area (Å²) < 4.78 is 0. The minimum absolute atomic E-state index is 0.0188. The van der Waals surface area contributed by atoms with E-state index in [1.54, 1.807) is 12.1 Å². The van der Waals surface area contributed by atoms with E-state index in [1.807, 2.05) is 30.3 Å². The number of benzene rings is 2. The van der Waals surface area contributed by atoms with Crippen LogP contribution in [0, 0.1) is 0 Å². The summed E-state index contributed by atoms with van der Waals surface area (Å²) in [4.78, 5) is 11.2. The number of nitrogens with one attached hydrogen (secondary N) is 1. The molecular formula is C14H14N2O3. The van der Waals surface area contributed by atoms with Crippen LogP contribution in [-0.4, -0.2) is 16.3 Å². The van der Waals surface area contributed by atoms with Crippen LogP contribution in [0.1, 0.15) is 5.56 Å². The number of hydrogen-bond donors (Lipinski definition) is 3. The number of aromatic hydroxyl groups is 1. The van der Waals surface area contributed by atoms with Crippen molar-refractivity contribution in [1.29, 1.82) is 0 Å². The van der Waals surface area contributed by atoms with Crippen molar-refractivity contribution in [2.24, 2.45) is 0 Å². The van der Waals surface area contributed by atoms with Gasteiger partial charge in [0.05, 0.1) is 5.69 Å². The molecular weight excluding hydrogens is 244 g/mol. The molecule has 19 heavy (non-hydrogen) atoms. The number of phenolic OH excluding ortho intramolecular Hbond substituents is 1. The van der Waals surface area contributed by atoms with E-state index in [1.165, 1.54) is 12.1 Å². The molecule has 0 unspecified atom stereocenters. The first-order valence-electron chi connectivity index (χ1n) is 5.76. The van der Waals surface area contributed by atoms with Crippen LogP contribution < -0.4 is 10.4 Å². The third kappa shape index (κ3) is 3.46. The predicted molar refractivity (Wildman–Crippen MR) is 71.9 cm³/mol. The molecule has 2 aromatic carbocycles. The molecule has 0 bridgehead atoms. The summed E-state index contributed by atoms with van der Waals surface area (Å²) in [5, 5.41) is 19.5. The maximum absolute atomic E-state index is 11.2. The smallest absolute Gasteiger partial charge is 0.426 e. The van der Waals surface area contributed by atoms with Crippen LogP contribution >= 0.6 is 0 Å². The number of carboxylic acid groups (broad SMARTS) is 1. The van der Waals surface area contributed by atoms with Gasteiger partial charge in [-0.15, -0.1) is 0 Å². The third-order valence-electron chi connectivity index (χ3n) is 2.56. The van der Waals surface area contributed by atoms with Crippen LogP contribution in [0.5, 0.6) is 5.75 Å². The first-order chi connectivity index (χ1) is 9.16. The molecule has 0 aromatic heterocycles. The fourth-order valence-corrected chi connectivity index (χ4v) is 1.67. The van der Waals surface area contributed by atoms with Gasteiger partial charge in [-0.3, -0.25) is 0 Å². The number of carbonyl (C=O) groups is 1. The number of hydrazine groups is 1. The van der Waals surface area contributed by atoms with E-state index in [9.17, 15) is 15.0 Å². The molecule has 2 aromatic rings. The molecule has 5 heteroatoms. The molecule has 3 N–H and O–H groups in total. The van der Waals surface area contributed by atoms with Crippen molar-refractivity contribution in [2.45, 2.75) is 6.54 Å². The Bertz CT molecular complexity index is 558. The van der Waals surface area contributed by atoms with Crippen LogP contribution in [0.25, 0.3) is 0 Å². The van der Waals surface area contributed by atoms with E-state index >= 15 is 0 Å². The van der Waals surface area contributed by atoms with Crippen molar-refractivity contribution in [3.63, 3.8) is 0 Å². The Morgan fingerprint density at radius 3 is 2.47 bits per heavy atom. The Labute approximate surface area is 110 Å². The number of nitrogens with zero attached hydrogens (tertiary/aromatic N) is 1. The molecule has 0 saturated heterocycles. The molecule has 0 heterocycles. The fraction of sp³-hybridized carbons (Fsp3) is 0.0714. The summed E-state index contributed by atoms with van der Waals surface area (Å²) in [5.41, 5.74) is 4.13. The van der Waals surface area contributed by atoms with Gasteiger partial charge in [-0.1, -0.05) is 36.4 Å². The van der Waals surface area contributed by atoms with E-state index in [0.717, 1.165) is 10.6 Å². The normalized spacial score (nSPS) is 10.1. The van der Waals surface area contributed by atoms with Gasteiger partial charge in [0.15, 0.2) is 0 Å². The van der Waals surface area contributed by atoms with E-state index in [2.05, 4.69) is 5.43 Å². The first kappa shape index (κ1) is 12.9. The van der Waals surface area contributed by atoms with Crippen molar-refractivity contribution in [3.8, 4) is 5.75 Å². The SMILES string of the molecule is O=C(O)N(NCc1ccccc1)c1cccc(O)c1. The summed E-state index contributed by atoms with van der Waals surface area (Å²) in [6, 6.07) is 15.5. The maximum Gasteiger partial charge on any atom is 0.426 e. The number of amides is 1. The summed E-state index contributed by atoms with van der Waals surface area (Å²) in [6.45, 7) is 0.378. The van der Waals surface area contributed by atoms with Crippen LogP contribution in [0.4, 0.5) is 10.5 Å². The highest BCUT2D eigenvalue weighted by atomic mass is 16.4. The van der Waals surface area contributed by atoms with E-state index in [-0.39, 0.29) is 5.75 Å². The standard InChI is InChI=1S/C14H14N2O3/c17-13-8-4-7-12(9-13)16(14(18)19)15-10-11-5-2-1-3-6-11/h1-9,15,17H,10H2,(H,18,19). The van der Waals surface area contributed by atoms with Gasteiger partial charge in [0.2, 0.25) is 0 Å². The summed E-state index contributed by atoms with van der Waals surface area (Å²) in [6.07, 6.45) is -1.14. The maximum atomic E-state index is 11.2. The van der Waals surface area contributed by atoms with Gasteiger partial charge in [0, 0.05) is 12.6 Å². The van der Waals surface area contributed by atoms with E-state index in [0.29, 0.717) is 12.2 Å². The molecule has 0 aliphatic rings. The van der Waals surface area contributed by atoms with Gasteiger partial charge in [0.1, 0.15) is 5.75 Å². The van der Waals surface area contributed by atoms with Crippen LogP contribution in [0.15, 0.2) is 54.6 Å². The van der Waals surface area contributed by atoms with Crippen molar-refractivity contribution < 1.29 is 15.0 Å². The Morgan fingerprint density at radius 1 is 1.11 bits per heavy atom. The zero-order valence-corrected chi connectivity index (χ0v) is 10.2. The minimum atomic E-state index is -1.14.